The highest BCUT2D eigenvalue weighted by Gasteiger charge is 2.16. The molecule has 0 radical (unpaired) electrons. The molecule has 1 rings (SSSR count). The quantitative estimate of drug-likeness (QED) is 0.875. The van der Waals surface area contributed by atoms with Crippen LogP contribution in [0, 0.1) is 0 Å². The van der Waals surface area contributed by atoms with Crippen LogP contribution in [-0.4, -0.2) is 18.2 Å². The molecule has 19 heavy (non-hydrogen) atoms. The monoisotopic (exact) mass is 264 g/mol. The lowest BCUT2D eigenvalue weighted by Gasteiger charge is -2.19. The number of carbonyl (C=O) groups excluding carboxylic acids is 1. The molecule has 3 N–H and O–H groups in total. The highest BCUT2D eigenvalue weighted by Crippen LogP contribution is 2.20. The lowest BCUT2D eigenvalue weighted by Crippen LogP contribution is -2.27. The topological polar surface area (TPSA) is 64.3 Å². The molecule has 106 valence electrons. The van der Waals surface area contributed by atoms with Crippen LogP contribution in [0.25, 0.3) is 0 Å². The van der Waals surface area contributed by atoms with Crippen molar-refractivity contribution in [2.24, 2.45) is 5.73 Å². The summed E-state index contributed by atoms with van der Waals surface area (Å²) in [6.45, 7) is 8.33. The molecule has 0 aliphatic heterocycles. The average Bonchev–Trinajstić information content (AvgIpc) is 2.27. The summed E-state index contributed by atoms with van der Waals surface area (Å²) < 4.78 is 5.19. The summed E-state index contributed by atoms with van der Waals surface area (Å²) in [5.41, 5.74) is 7.02. The first-order chi connectivity index (χ1) is 8.81. The smallest absolute Gasteiger partial charge is 0.412 e. The summed E-state index contributed by atoms with van der Waals surface area (Å²) >= 11 is 0. The lowest BCUT2D eigenvalue weighted by molar-refractivity contribution is 0.0636. The van der Waals surface area contributed by atoms with Gasteiger partial charge >= 0.3 is 6.09 Å². The number of anilines is 1. The third-order valence-electron chi connectivity index (χ3n) is 2.72. The van der Waals surface area contributed by atoms with Crippen molar-refractivity contribution in [3.8, 4) is 0 Å². The summed E-state index contributed by atoms with van der Waals surface area (Å²) in [7, 11) is 0. The molecule has 0 heterocycles. The molecule has 0 spiro atoms. The SMILES string of the molecule is CC(CCN)c1ccc(NC(=O)OC(C)(C)C)cc1. The Bertz CT molecular complexity index is 407. The summed E-state index contributed by atoms with van der Waals surface area (Å²) in [5.74, 6) is 0.431. The van der Waals surface area contributed by atoms with E-state index in [2.05, 4.69) is 12.2 Å². The fraction of sp³-hybridized carbons (Fsp3) is 0.533. The van der Waals surface area contributed by atoms with Gasteiger partial charge in [-0.25, -0.2) is 4.79 Å². The first-order valence-corrected chi connectivity index (χ1v) is 6.62. The number of rotatable bonds is 4. The third-order valence-corrected chi connectivity index (χ3v) is 2.72. The fourth-order valence-corrected chi connectivity index (χ4v) is 1.73. The maximum Gasteiger partial charge on any atom is 0.412 e. The number of benzene rings is 1. The average molecular weight is 264 g/mol. The Morgan fingerprint density at radius 3 is 2.37 bits per heavy atom. The van der Waals surface area contributed by atoms with E-state index in [9.17, 15) is 4.79 Å². The van der Waals surface area contributed by atoms with Crippen molar-refractivity contribution in [2.45, 2.75) is 45.6 Å². The van der Waals surface area contributed by atoms with Crippen molar-refractivity contribution < 1.29 is 9.53 Å². The van der Waals surface area contributed by atoms with Crippen LogP contribution in [0.2, 0.25) is 0 Å². The molecular weight excluding hydrogens is 240 g/mol. The van der Waals surface area contributed by atoms with Gasteiger partial charge in [-0.15, -0.1) is 0 Å². The molecule has 4 heteroatoms. The van der Waals surface area contributed by atoms with Crippen LogP contribution in [0.5, 0.6) is 0 Å². The summed E-state index contributed by atoms with van der Waals surface area (Å²) in [4.78, 5) is 11.6. The molecule has 4 nitrogen and oxygen atoms in total. The van der Waals surface area contributed by atoms with Gasteiger partial charge in [0.15, 0.2) is 0 Å². The number of ether oxygens (including phenoxy) is 1. The summed E-state index contributed by atoms with van der Waals surface area (Å²) in [6.07, 6.45) is 0.522. The van der Waals surface area contributed by atoms with Crippen LogP contribution in [0.1, 0.15) is 45.6 Å². The van der Waals surface area contributed by atoms with Crippen LogP contribution in [0.4, 0.5) is 10.5 Å². The van der Waals surface area contributed by atoms with Crippen LogP contribution < -0.4 is 11.1 Å². The normalized spacial score (nSPS) is 12.9. The maximum absolute atomic E-state index is 11.6. The third kappa shape index (κ3) is 5.75. The van der Waals surface area contributed by atoms with E-state index in [4.69, 9.17) is 10.5 Å². The Labute approximate surface area is 115 Å². The number of hydrogen-bond donors (Lipinski definition) is 2. The predicted molar refractivity (Wildman–Crippen MR) is 78.4 cm³/mol. The van der Waals surface area contributed by atoms with E-state index in [1.54, 1.807) is 0 Å². The summed E-state index contributed by atoms with van der Waals surface area (Å²) in [6, 6.07) is 7.78. The molecule has 0 aromatic heterocycles. The van der Waals surface area contributed by atoms with Gasteiger partial charge in [-0.3, -0.25) is 5.32 Å². The number of hydrogen-bond acceptors (Lipinski definition) is 3. The minimum Gasteiger partial charge on any atom is -0.444 e. The van der Waals surface area contributed by atoms with Crippen LogP contribution in [-0.2, 0) is 4.74 Å². The van der Waals surface area contributed by atoms with Gasteiger partial charge in [0.05, 0.1) is 0 Å². The van der Waals surface area contributed by atoms with E-state index in [1.165, 1.54) is 5.56 Å². The van der Waals surface area contributed by atoms with Crippen molar-refractivity contribution in [3.05, 3.63) is 29.8 Å². The fourth-order valence-electron chi connectivity index (χ4n) is 1.73. The van der Waals surface area contributed by atoms with Crippen molar-refractivity contribution in [1.29, 1.82) is 0 Å². The Kier molecular flexibility index (Phi) is 5.36. The minimum absolute atomic E-state index is 0.431. The number of carbonyl (C=O) groups is 1. The first-order valence-electron chi connectivity index (χ1n) is 6.62. The molecule has 1 aromatic rings. The molecule has 0 saturated carbocycles. The zero-order valence-electron chi connectivity index (χ0n) is 12.2. The van der Waals surface area contributed by atoms with Gasteiger partial charge in [0, 0.05) is 5.69 Å². The lowest BCUT2D eigenvalue weighted by atomic mass is 9.98. The molecular formula is C15H24N2O2. The Balaban J connectivity index is 2.59. The Morgan fingerprint density at radius 1 is 1.32 bits per heavy atom. The van der Waals surface area contributed by atoms with Crippen LogP contribution in [0.15, 0.2) is 24.3 Å². The molecule has 0 saturated heterocycles. The second-order valence-electron chi connectivity index (χ2n) is 5.73. The van der Waals surface area contributed by atoms with E-state index < -0.39 is 11.7 Å². The first kappa shape index (κ1) is 15.5. The number of amides is 1. The van der Waals surface area contributed by atoms with Gasteiger partial charge in [0.25, 0.3) is 0 Å². The number of nitrogens with one attached hydrogen (secondary N) is 1. The van der Waals surface area contributed by atoms with Crippen molar-refractivity contribution in [1.82, 2.24) is 0 Å². The second kappa shape index (κ2) is 6.57. The summed E-state index contributed by atoms with van der Waals surface area (Å²) in [5, 5.41) is 2.71. The van der Waals surface area contributed by atoms with Crippen molar-refractivity contribution >= 4 is 11.8 Å². The Hall–Kier alpha value is -1.55. The van der Waals surface area contributed by atoms with Crippen LogP contribution >= 0.6 is 0 Å². The highest BCUT2D eigenvalue weighted by atomic mass is 16.6. The zero-order valence-corrected chi connectivity index (χ0v) is 12.2. The van der Waals surface area contributed by atoms with E-state index in [0.29, 0.717) is 12.5 Å². The van der Waals surface area contributed by atoms with Gasteiger partial charge in [0.2, 0.25) is 0 Å². The second-order valence-corrected chi connectivity index (χ2v) is 5.73. The van der Waals surface area contributed by atoms with E-state index >= 15 is 0 Å². The standard InChI is InChI=1S/C15H24N2O2/c1-11(9-10-16)12-5-7-13(8-6-12)17-14(18)19-15(2,3)4/h5-8,11H,9-10,16H2,1-4H3,(H,17,18). The van der Waals surface area contributed by atoms with E-state index in [0.717, 1.165) is 12.1 Å². The Morgan fingerprint density at radius 2 is 1.89 bits per heavy atom. The highest BCUT2D eigenvalue weighted by molar-refractivity contribution is 5.84. The van der Waals surface area contributed by atoms with Crippen molar-refractivity contribution in [3.63, 3.8) is 0 Å². The van der Waals surface area contributed by atoms with Crippen molar-refractivity contribution in [2.75, 3.05) is 11.9 Å². The maximum atomic E-state index is 11.6. The predicted octanol–water partition coefficient (Wildman–Crippen LogP) is 3.49. The van der Waals surface area contributed by atoms with Gasteiger partial charge < -0.3 is 10.5 Å². The zero-order chi connectivity index (χ0) is 14.5. The molecule has 0 fully saturated rings. The van der Waals surface area contributed by atoms with Gasteiger partial charge in [-0.05, 0) is 57.4 Å². The molecule has 0 aliphatic rings. The van der Waals surface area contributed by atoms with Gasteiger partial charge in [0.1, 0.15) is 5.60 Å². The molecule has 1 unspecified atom stereocenters. The van der Waals surface area contributed by atoms with Crippen LogP contribution in [0.3, 0.4) is 0 Å². The minimum atomic E-state index is -0.486. The number of nitrogens with two attached hydrogens (primary N) is 1. The molecule has 1 atom stereocenters. The molecule has 1 aromatic carbocycles. The molecule has 0 aliphatic carbocycles. The van der Waals surface area contributed by atoms with Gasteiger partial charge in [-0.2, -0.15) is 0 Å². The largest absolute Gasteiger partial charge is 0.444 e. The molecule has 1 amide bonds. The van der Waals surface area contributed by atoms with Gasteiger partial charge in [-0.1, -0.05) is 19.1 Å². The van der Waals surface area contributed by atoms with E-state index in [1.807, 2.05) is 45.0 Å². The van der Waals surface area contributed by atoms with E-state index in [-0.39, 0.29) is 0 Å². The molecule has 0 bridgehead atoms.